The Morgan fingerprint density at radius 1 is 1.14 bits per heavy atom. The first-order valence-corrected chi connectivity index (χ1v) is 13.2. The number of hydrogen-bond acceptors (Lipinski definition) is 7. The van der Waals surface area contributed by atoms with Crippen molar-refractivity contribution in [2.24, 2.45) is 0 Å². The number of rotatable bonds is 9. The highest BCUT2D eigenvalue weighted by molar-refractivity contribution is 8.04. The Morgan fingerprint density at radius 3 is 2.72 bits per heavy atom. The van der Waals surface area contributed by atoms with Crippen LogP contribution in [0.5, 0.6) is 5.75 Å². The predicted molar refractivity (Wildman–Crippen MR) is 139 cm³/mol. The molecule has 188 valence electrons. The van der Waals surface area contributed by atoms with Gasteiger partial charge in [-0.05, 0) is 68.7 Å². The molecule has 1 amide bonds. The maximum Gasteiger partial charge on any atom is 0.338 e. The Morgan fingerprint density at radius 2 is 1.94 bits per heavy atom. The molecule has 5 rings (SSSR count). The highest BCUT2D eigenvalue weighted by Gasteiger charge is 2.24. The number of ether oxygens (including phenoxy) is 2. The molecule has 0 saturated carbocycles. The van der Waals surface area contributed by atoms with Crippen molar-refractivity contribution in [2.45, 2.75) is 37.3 Å². The summed E-state index contributed by atoms with van der Waals surface area (Å²) in [7, 11) is 0. The second-order valence-electron chi connectivity index (χ2n) is 8.89. The molecule has 1 fully saturated rings. The molecule has 0 unspecified atom stereocenters. The number of thioether (sulfide) groups is 1. The van der Waals surface area contributed by atoms with Crippen LogP contribution in [0.1, 0.15) is 42.2 Å². The summed E-state index contributed by atoms with van der Waals surface area (Å²) in [6, 6.07) is 13.2. The number of pyridine rings is 1. The Labute approximate surface area is 214 Å². The minimum absolute atomic E-state index is 0.00900. The Bertz CT molecular complexity index is 1260. The molecule has 1 N–H and O–H groups in total. The summed E-state index contributed by atoms with van der Waals surface area (Å²) in [4.78, 5) is 32.2. The molecule has 0 atom stereocenters. The van der Waals surface area contributed by atoms with Crippen molar-refractivity contribution in [3.8, 4) is 5.75 Å². The maximum absolute atomic E-state index is 12.9. The van der Waals surface area contributed by atoms with E-state index in [2.05, 4.69) is 19.6 Å². The number of aromatic nitrogens is 2. The molecule has 2 aliphatic heterocycles. The number of esters is 1. The molecule has 0 aliphatic carbocycles. The van der Waals surface area contributed by atoms with Crippen molar-refractivity contribution in [1.82, 2.24) is 19.6 Å². The van der Waals surface area contributed by atoms with Crippen LogP contribution >= 0.6 is 11.8 Å². The van der Waals surface area contributed by atoms with E-state index in [0.717, 1.165) is 61.0 Å². The predicted octanol–water partition coefficient (Wildman–Crippen LogP) is 4.01. The molecule has 0 spiro atoms. The van der Waals surface area contributed by atoms with E-state index in [9.17, 15) is 9.59 Å². The van der Waals surface area contributed by atoms with Gasteiger partial charge in [0.05, 0.1) is 40.6 Å². The van der Waals surface area contributed by atoms with Crippen LogP contribution in [0, 0.1) is 0 Å². The molecule has 0 bridgehead atoms. The summed E-state index contributed by atoms with van der Waals surface area (Å²) in [6.07, 6.45) is 6.53. The lowest BCUT2D eigenvalue weighted by Gasteiger charge is -2.32. The van der Waals surface area contributed by atoms with Gasteiger partial charge in [-0.3, -0.25) is 9.20 Å². The standard InChI is InChI=1S/C27H30N4O4S/c1-2-34-27(33)19-7-9-22(10-8-19)35-16-4-13-30-14-11-20(12-15-30)29-26(32)23-17-21-18-28-24-5-3-6-25(36-23)31(21)24/h3,5-10,17-18,20H,2,4,11-16H2,1H3,(H,29,32). The summed E-state index contributed by atoms with van der Waals surface area (Å²) < 4.78 is 12.9. The van der Waals surface area contributed by atoms with Crippen LogP contribution in [0.3, 0.4) is 0 Å². The molecule has 4 heterocycles. The molecule has 1 aromatic carbocycles. The second-order valence-corrected chi connectivity index (χ2v) is 9.95. The van der Waals surface area contributed by atoms with Crippen LogP contribution in [-0.2, 0) is 9.53 Å². The summed E-state index contributed by atoms with van der Waals surface area (Å²) in [5.41, 5.74) is 2.37. The van der Waals surface area contributed by atoms with Gasteiger partial charge in [-0.2, -0.15) is 0 Å². The Kier molecular flexibility index (Phi) is 7.58. The number of imidazole rings is 1. The number of nitrogens with zero attached hydrogens (tertiary/aromatic N) is 3. The van der Waals surface area contributed by atoms with Gasteiger partial charge in [-0.15, -0.1) is 0 Å². The van der Waals surface area contributed by atoms with Crippen molar-refractivity contribution >= 4 is 35.4 Å². The van der Waals surface area contributed by atoms with Crippen molar-refractivity contribution < 1.29 is 19.1 Å². The quantitative estimate of drug-likeness (QED) is 0.347. The molecular weight excluding hydrogens is 476 g/mol. The minimum Gasteiger partial charge on any atom is -0.494 e. The van der Waals surface area contributed by atoms with Gasteiger partial charge < -0.3 is 19.7 Å². The monoisotopic (exact) mass is 506 g/mol. The number of piperidine rings is 1. The highest BCUT2D eigenvalue weighted by Crippen LogP contribution is 2.34. The van der Waals surface area contributed by atoms with Crippen molar-refractivity contribution in [3.63, 3.8) is 0 Å². The van der Waals surface area contributed by atoms with Crippen LogP contribution in [0.4, 0.5) is 0 Å². The maximum atomic E-state index is 12.9. The zero-order valence-electron chi connectivity index (χ0n) is 20.3. The van der Waals surface area contributed by atoms with Crippen LogP contribution in [0.2, 0.25) is 0 Å². The molecule has 0 radical (unpaired) electrons. The van der Waals surface area contributed by atoms with Gasteiger partial charge in [-0.1, -0.05) is 17.8 Å². The fourth-order valence-corrected chi connectivity index (χ4v) is 5.53. The van der Waals surface area contributed by atoms with E-state index in [-0.39, 0.29) is 17.9 Å². The average molecular weight is 507 g/mol. The third kappa shape index (κ3) is 5.57. The molecular formula is C27H30N4O4S. The third-order valence-corrected chi connectivity index (χ3v) is 7.46. The minimum atomic E-state index is -0.317. The lowest BCUT2D eigenvalue weighted by molar-refractivity contribution is -0.117. The number of hydrogen-bond donors (Lipinski definition) is 1. The van der Waals surface area contributed by atoms with E-state index < -0.39 is 0 Å². The zero-order chi connectivity index (χ0) is 24.9. The molecule has 2 aromatic heterocycles. The van der Waals surface area contributed by atoms with Crippen LogP contribution in [-0.4, -0.2) is 65.1 Å². The van der Waals surface area contributed by atoms with E-state index >= 15 is 0 Å². The normalized spacial score (nSPS) is 16.0. The molecule has 2 aliphatic rings. The Hall–Kier alpha value is -3.30. The van der Waals surface area contributed by atoms with Crippen LogP contribution in [0.25, 0.3) is 11.7 Å². The highest BCUT2D eigenvalue weighted by atomic mass is 32.2. The first-order valence-electron chi connectivity index (χ1n) is 12.4. The van der Waals surface area contributed by atoms with E-state index in [1.807, 2.05) is 30.5 Å². The first-order chi connectivity index (χ1) is 17.6. The third-order valence-electron chi connectivity index (χ3n) is 6.41. The van der Waals surface area contributed by atoms with Gasteiger partial charge in [0.2, 0.25) is 0 Å². The topological polar surface area (TPSA) is 85.2 Å². The fourth-order valence-electron chi connectivity index (χ4n) is 4.54. The summed E-state index contributed by atoms with van der Waals surface area (Å²) in [5, 5.41) is 4.24. The molecule has 8 nitrogen and oxygen atoms in total. The number of likely N-dealkylation sites (tertiary alicyclic amines) is 1. The average Bonchev–Trinajstić information content (AvgIpc) is 3.32. The van der Waals surface area contributed by atoms with Crippen LogP contribution < -0.4 is 10.1 Å². The van der Waals surface area contributed by atoms with Crippen molar-refractivity contribution in [2.75, 3.05) is 32.8 Å². The van der Waals surface area contributed by atoms with E-state index in [4.69, 9.17) is 9.47 Å². The van der Waals surface area contributed by atoms with Gasteiger partial charge >= 0.3 is 5.97 Å². The largest absolute Gasteiger partial charge is 0.494 e. The first kappa shape index (κ1) is 24.4. The van der Waals surface area contributed by atoms with Crippen molar-refractivity contribution in [1.29, 1.82) is 0 Å². The zero-order valence-corrected chi connectivity index (χ0v) is 21.1. The number of carbonyl (C=O) groups is 2. The Balaban J connectivity index is 1.02. The molecule has 1 saturated heterocycles. The second kappa shape index (κ2) is 11.2. The summed E-state index contributed by atoms with van der Waals surface area (Å²) in [6.45, 7) is 5.64. The summed E-state index contributed by atoms with van der Waals surface area (Å²) in [5.74, 6) is 0.423. The van der Waals surface area contributed by atoms with E-state index in [0.29, 0.717) is 23.7 Å². The van der Waals surface area contributed by atoms with Crippen molar-refractivity contribution in [3.05, 3.63) is 64.8 Å². The van der Waals surface area contributed by atoms with Gasteiger partial charge in [0, 0.05) is 25.7 Å². The van der Waals surface area contributed by atoms with Crippen LogP contribution in [0.15, 0.2) is 58.6 Å². The van der Waals surface area contributed by atoms with Gasteiger partial charge in [0.15, 0.2) is 0 Å². The van der Waals surface area contributed by atoms with Gasteiger partial charge in [-0.25, -0.2) is 9.78 Å². The van der Waals surface area contributed by atoms with E-state index in [1.165, 1.54) is 11.8 Å². The number of benzene rings is 1. The molecule has 3 aromatic rings. The van der Waals surface area contributed by atoms with Gasteiger partial charge in [0.25, 0.3) is 5.91 Å². The number of nitrogens with one attached hydrogen (secondary N) is 1. The van der Waals surface area contributed by atoms with E-state index in [1.54, 1.807) is 31.2 Å². The number of carbonyl (C=O) groups excluding carboxylic acids is 2. The smallest absolute Gasteiger partial charge is 0.338 e. The molecule has 9 heteroatoms. The van der Waals surface area contributed by atoms with Gasteiger partial charge in [0.1, 0.15) is 11.4 Å². The number of amides is 1. The lowest BCUT2D eigenvalue weighted by atomic mass is 10.0. The SMILES string of the molecule is CCOC(=O)c1ccc(OCCCN2CCC(NC(=O)C3=Cc4cnc5cccc(n45)S3)CC2)cc1. The summed E-state index contributed by atoms with van der Waals surface area (Å²) >= 11 is 1.49. The lowest BCUT2D eigenvalue weighted by Crippen LogP contribution is -2.45. The fraction of sp³-hybridized carbons (Fsp3) is 0.370. The molecule has 36 heavy (non-hydrogen) atoms.